The number of thiophene rings is 1. The highest BCUT2D eigenvalue weighted by molar-refractivity contribution is 7.16. The summed E-state index contributed by atoms with van der Waals surface area (Å²) in [4.78, 5) is 36.1. The second-order valence-electron chi connectivity index (χ2n) is 8.65. The van der Waals surface area contributed by atoms with E-state index in [1.165, 1.54) is 20.3 Å². The number of nitrogens with zero attached hydrogens (tertiary/aromatic N) is 4. The fourth-order valence-electron chi connectivity index (χ4n) is 4.65. The van der Waals surface area contributed by atoms with Gasteiger partial charge in [-0.1, -0.05) is 12.1 Å². The molecule has 7 nitrogen and oxygen atoms in total. The summed E-state index contributed by atoms with van der Waals surface area (Å²) in [5.41, 5.74) is 3.23. The molecule has 2 fully saturated rings. The zero-order valence-corrected chi connectivity index (χ0v) is 19.3. The van der Waals surface area contributed by atoms with Gasteiger partial charge in [0.15, 0.2) is 0 Å². The van der Waals surface area contributed by atoms with Gasteiger partial charge >= 0.3 is 0 Å². The molecule has 1 aromatic heterocycles. The first kappa shape index (κ1) is 21.2. The van der Waals surface area contributed by atoms with Crippen LogP contribution in [0.2, 0.25) is 0 Å². The molecule has 0 radical (unpaired) electrons. The van der Waals surface area contributed by atoms with Crippen molar-refractivity contribution in [2.24, 2.45) is 4.99 Å². The van der Waals surface area contributed by atoms with E-state index < -0.39 is 0 Å². The molecule has 32 heavy (non-hydrogen) atoms. The van der Waals surface area contributed by atoms with Crippen molar-refractivity contribution in [1.29, 1.82) is 0 Å². The molecule has 0 bridgehead atoms. The number of benzene rings is 1. The Hall–Kier alpha value is -2.71. The largest absolute Gasteiger partial charge is 0.353 e. The molecule has 3 aliphatic rings. The maximum absolute atomic E-state index is 11.7. The monoisotopic (exact) mass is 451 g/mol. The van der Waals surface area contributed by atoms with E-state index in [1.54, 1.807) is 11.3 Å². The summed E-state index contributed by atoms with van der Waals surface area (Å²) in [6.45, 7) is 7.59. The number of likely N-dealkylation sites (tertiary alicyclic amines) is 1. The number of carbonyl (C=O) groups excluding carboxylic acids is 2. The molecule has 4 heterocycles. The van der Waals surface area contributed by atoms with Crippen LogP contribution >= 0.6 is 11.3 Å². The number of amidine groups is 1. The lowest BCUT2D eigenvalue weighted by Gasteiger charge is -2.36. The topological polar surface area (TPSA) is 68.2 Å². The van der Waals surface area contributed by atoms with Crippen LogP contribution in [0.4, 0.5) is 16.4 Å². The fourth-order valence-corrected chi connectivity index (χ4v) is 5.57. The van der Waals surface area contributed by atoms with E-state index in [4.69, 9.17) is 4.99 Å². The summed E-state index contributed by atoms with van der Waals surface area (Å²) in [5, 5.41) is 4.75. The average Bonchev–Trinajstić information content (AvgIpc) is 3.27. The molecule has 8 heteroatoms. The third-order valence-electron chi connectivity index (χ3n) is 6.41. The van der Waals surface area contributed by atoms with Crippen LogP contribution in [0.25, 0.3) is 0 Å². The lowest BCUT2D eigenvalue weighted by atomic mass is 10.2. The number of aliphatic imine (C=N–C) groups is 1. The molecule has 0 atom stereocenters. The van der Waals surface area contributed by atoms with E-state index in [0.29, 0.717) is 19.4 Å². The molecule has 0 spiro atoms. The minimum absolute atomic E-state index is 0.00751. The molecule has 3 aliphatic heterocycles. The van der Waals surface area contributed by atoms with E-state index in [0.717, 1.165) is 62.8 Å². The van der Waals surface area contributed by atoms with Crippen molar-refractivity contribution in [1.82, 2.24) is 14.7 Å². The summed E-state index contributed by atoms with van der Waals surface area (Å²) in [6, 6.07) is 10.5. The standard InChI is InChI=1S/C24H29N5O2S/c1-17-16-18-23(25-19-6-2-3-7-20(19)26-24(18)32-17)28-14-12-27(13-15-28)10-4-5-11-29-21(30)8-9-22(29)31/h2-3,6-7,16,26H,4-5,8-15H2,1H3. The van der Waals surface area contributed by atoms with Crippen molar-refractivity contribution in [3.05, 3.63) is 40.8 Å². The smallest absolute Gasteiger partial charge is 0.229 e. The molecule has 168 valence electrons. The Morgan fingerprint density at radius 3 is 2.50 bits per heavy atom. The van der Waals surface area contributed by atoms with Crippen molar-refractivity contribution in [2.75, 3.05) is 44.6 Å². The van der Waals surface area contributed by atoms with Gasteiger partial charge in [0.1, 0.15) is 10.8 Å². The molecule has 1 aromatic carbocycles. The van der Waals surface area contributed by atoms with Gasteiger partial charge in [0.05, 0.1) is 16.9 Å². The molecule has 0 unspecified atom stereocenters. The SMILES string of the molecule is Cc1cc2c(s1)Nc1ccccc1N=C2N1CCN(CCCCN2C(=O)CCC2=O)CC1. The van der Waals surface area contributed by atoms with Crippen LogP contribution in [0.15, 0.2) is 35.3 Å². The van der Waals surface area contributed by atoms with Gasteiger partial charge < -0.3 is 10.2 Å². The first-order valence-corrected chi connectivity index (χ1v) is 12.3. The highest BCUT2D eigenvalue weighted by Gasteiger charge is 2.29. The molecule has 0 aliphatic carbocycles. The van der Waals surface area contributed by atoms with Crippen LogP contribution < -0.4 is 5.32 Å². The number of unbranched alkanes of at least 4 members (excludes halogenated alkanes) is 1. The third-order valence-corrected chi connectivity index (χ3v) is 7.37. The van der Waals surface area contributed by atoms with Gasteiger partial charge in [-0.15, -0.1) is 11.3 Å². The Bertz CT molecular complexity index is 1040. The molecule has 1 N–H and O–H groups in total. The Morgan fingerprint density at radius 2 is 1.72 bits per heavy atom. The van der Waals surface area contributed by atoms with Crippen molar-refractivity contribution in [3.8, 4) is 0 Å². The maximum Gasteiger partial charge on any atom is 0.229 e. The number of imide groups is 1. The first-order chi connectivity index (χ1) is 15.6. The number of fused-ring (bicyclic) bond motifs is 2. The summed E-state index contributed by atoms with van der Waals surface area (Å²) in [5.74, 6) is 1.05. The Balaban J connectivity index is 1.19. The van der Waals surface area contributed by atoms with Gasteiger partial charge in [0.25, 0.3) is 0 Å². The number of piperazine rings is 1. The summed E-state index contributed by atoms with van der Waals surface area (Å²) >= 11 is 1.78. The number of hydrogen-bond acceptors (Lipinski definition) is 7. The van der Waals surface area contributed by atoms with Crippen molar-refractivity contribution >= 4 is 45.4 Å². The van der Waals surface area contributed by atoms with E-state index in [2.05, 4.69) is 40.2 Å². The molecule has 0 saturated carbocycles. The van der Waals surface area contributed by atoms with Crippen LogP contribution in [0, 0.1) is 6.92 Å². The fraction of sp³-hybridized carbons (Fsp3) is 0.458. The summed E-state index contributed by atoms with van der Waals surface area (Å²) < 4.78 is 0. The number of amides is 2. The van der Waals surface area contributed by atoms with Crippen LogP contribution in [0.5, 0.6) is 0 Å². The number of para-hydroxylation sites is 2. The van der Waals surface area contributed by atoms with Gasteiger partial charge in [-0.05, 0) is 44.5 Å². The first-order valence-electron chi connectivity index (χ1n) is 11.4. The van der Waals surface area contributed by atoms with Crippen LogP contribution in [0.1, 0.15) is 36.1 Å². The average molecular weight is 452 g/mol. The molecule has 2 saturated heterocycles. The van der Waals surface area contributed by atoms with Crippen molar-refractivity contribution < 1.29 is 9.59 Å². The van der Waals surface area contributed by atoms with Gasteiger partial charge in [-0.2, -0.15) is 0 Å². The van der Waals surface area contributed by atoms with Gasteiger partial charge in [-0.25, -0.2) is 4.99 Å². The molecular weight excluding hydrogens is 422 g/mol. The number of aryl methyl sites for hydroxylation is 1. The Labute approximate surface area is 192 Å². The summed E-state index contributed by atoms with van der Waals surface area (Å²) in [7, 11) is 0. The lowest BCUT2D eigenvalue weighted by molar-refractivity contribution is -0.138. The minimum atomic E-state index is -0.00751. The van der Waals surface area contributed by atoms with Crippen LogP contribution in [0.3, 0.4) is 0 Å². The second-order valence-corrected chi connectivity index (χ2v) is 9.91. The van der Waals surface area contributed by atoms with Gasteiger partial charge in [0, 0.05) is 50.4 Å². The van der Waals surface area contributed by atoms with Crippen LogP contribution in [-0.2, 0) is 9.59 Å². The number of anilines is 2. The molecule has 5 rings (SSSR count). The second kappa shape index (κ2) is 9.03. The van der Waals surface area contributed by atoms with Crippen molar-refractivity contribution in [3.63, 3.8) is 0 Å². The van der Waals surface area contributed by atoms with Gasteiger partial charge in [-0.3, -0.25) is 19.4 Å². The lowest BCUT2D eigenvalue weighted by Crippen LogP contribution is -2.49. The molecule has 2 amide bonds. The highest BCUT2D eigenvalue weighted by atomic mass is 32.1. The number of carbonyl (C=O) groups is 2. The zero-order chi connectivity index (χ0) is 22.1. The maximum atomic E-state index is 11.7. The Kier molecular flexibility index (Phi) is 5.97. The van der Waals surface area contributed by atoms with Crippen LogP contribution in [-0.4, -0.2) is 71.6 Å². The predicted molar refractivity (Wildman–Crippen MR) is 128 cm³/mol. The number of rotatable bonds is 5. The predicted octanol–water partition coefficient (Wildman–Crippen LogP) is 3.74. The number of hydrogen-bond donors (Lipinski definition) is 1. The Morgan fingerprint density at radius 1 is 1.00 bits per heavy atom. The molecular formula is C24H29N5O2S. The van der Waals surface area contributed by atoms with E-state index >= 15 is 0 Å². The quantitative estimate of drug-likeness (QED) is 0.554. The molecule has 2 aromatic rings. The normalized spacial score (nSPS) is 18.8. The van der Waals surface area contributed by atoms with Crippen molar-refractivity contribution in [2.45, 2.75) is 32.6 Å². The minimum Gasteiger partial charge on any atom is -0.353 e. The van der Waals surface area contributed by atoms with E-state index in [-0.39, 0.29) is 11.8 Å². The zero-order valence-electron chi connectivity index (χ0n) is 18.5. The van der Waals surface area contributed by atoms with E-state index in [9.17, 15) is 9.59 Å². The third kappa shape index (κ3) is 4.29. The summed E-state index contributed by atoms with van der Waals surface area (Å²) in [6.07, 6.45) is 2.65. The van der Waals surface area contributed by atoms with E-state index in [1.807, 2.05) is 12.1 Å². The number of nitrogens with one attached hydrogen (secondary N) is 1. The van der Waals surface area contributed by atoms with Gasteiger partial charge in [0.2, 0.25) is 11.8 Å². The highest BCUT2D eigenvalue weighted by Crippen LogP contribution is 2.39.